The Morgan fingerprint density at radius 2 is 1.89 bits per heavy atom. The van der Waals surface area contributed by atoms with E-state index in [0.717, 1.165) is 37.5 Å². The van der Waals surface area contributed by atoms with Crippen LogP contribution >= 0.6 is 24.0 Å². The first-order chi connectivity index (χ1) is 12.6. The third kappa shape index (κ3) is 6.41. The number of aromatic amines is 1. The Balaban J connectivity index is 0.00000364. The number of carbonyl (C=O) groups excluding carboxylic acids is 1. The molecule has 27 heavy (non-hydrogen) atoms. The summed E-state index contributed by atoms with van der Waals surface area (Å²) < 4.78 is 0. The molecule has 1 heterocycles. The maximum atomic E-state index is 12.3. The van der Waals surface area contributed by atoms with Crippen molar-refractivity contribution in [1.82, 2.24) is 20.1 Å². The second-order valence-electron chi connectivity index (χ2n) is 6.27. The maximum Gasteiger partial charge on any atom is 0.242 e. The Labute approximate surface area is 179 Å². The van der Waals surface area contributed by atoms with Gasteiger partial charge in [0.05, 0.1) is 6.54 Å². The minimum absolute atomic E-state index is 0. The number of fused-ring (bicyclic) bond motifs is 1. The van der Waals surface area contributed by atoms with Crippen LogP contribution in [0.3, 0.4) is 0 Å². The summed E-state index contributed by atoms with van der Waals surface area (Å²) in [6.45, 7) is 9.29. The number of nitrogens with one attached hydrogen (secondary N) is 2. The highest BCUT2D eigenvalue weighted by atomic mass is 127. The monoisotopic (exact) mass is 485 g/mol. The second-order valence-corrected chi connectivity index (χ2v) is 6.27. The van der Waals surface area contributed by atoms with E-state index in [1.165, 1.54) is 10.9 Å². The van der Waals surface area contributed by atoms with E-state index in [1.807, 2.05) is 43.7 Å². The number of nitrogens with zero attached hydrogens (tertiary/aromatic N) is 3. The van der Waals surface area contributed by atoms with Gasteiger partial charge in [-0.3, -0.25) is 9.79 Å². The minimum Gasteiger partial charge on any atom is -0.361 e. The van der Waals surface area contributed by atoms with Crippen LogP contribution in [0.5, 0.6) is 0 Å². The number of likely N-dealkylation sites (N-methyl/N-ethyl adjacent to an activating group) is 2. The molecule has 0 saturated heterocycles. The lowest BCUT2D eigenvalue weighted by Crippen LogP contribution is -2.45. The van der Waals surface area contributed by atoms with Crippen LogP contribution in [0.25, 0.3) is 10.9 Å². The van der Waals surface area contributed by atoms with Gasteiger partial charge in [0.2, 0.25) is 5.91 Å². The lowest BCUT2D eigenvalue weighted by atomic mass is 10.1. The minimum atomic E-state index is 0. The molecule has 0 bridgehead atoms. The van der Waals surface area contributed by atoms with Crippen LogP contribution in [-0.2, 0) is 11.2 Å². The largest absolute Gasteiger partial charge is 0.361 e. The number of hydrogen-bond donors (Lipinski definition) is 2. The molecule has 0 atom stereocenters. The molecule has 2 rings (SSSR count). The van der Waals surface area contributed by atoms with E-state index < -0.39 is 0 Å². The molecule has 0 unspecified atom stereocenters. The number of aromatic nitrogens is 1. The van der Waals surface area contributed by atoms with Crippen molar-refractivity contribution >= 4 is 46.7 Å². The molecule has 7 heteroatoms. The van der Waals surface area contributed by atoms with Crippen LogP contribution in [0.4, 0.5) is 0 Å². The van der Waals surface area contributed by atoms with E-state index in [2.05, 4.69) is 34.7 Å². The van der Waals surface area contributed by atoms with Crippen molar-refractivity contribution in [2.45, 2.75) is 27.2 Å². The number of benzene rings is 1. The molecule has 150 valence electrons. The number of amides is 1. The number of hydrogen-bond acceptors (Lipinski definition) is 2. The molecular formula is C20H32IN5O. The Kier molecular flexibility index (Phi) is 10.2. The second kappa shape index (κ2) is 11.8. The summed E-state index contributed by atoms with van der Waals surface area (Å²) in [5.74, 6) is 0.896. The number of para-hydroxylation sites is 1. The zero-order chi connectivity index (χ0) is 18.9. The van der Waals surface area contributed by atoms with Crippen molar-refractivity contribution in [3.8, 4) is 0 Å². The first-order valence-electron chi connectivity index (χ1n) is 9.42. The number of guanidine groups is 1. The number of carbonyl (C=O) groups is 1. The van der Waals surface area contributed by atoms with E-state index >= 15 is 0 Å². The molecule has 0 radical (unpaired) electrons. The molecule has 0 spiro atoms. The fourth-order valence-electron chi connectivity index (χ4n) is 3.04. The van der Waals surface area contributed by atoms with Crippen molar-refractivity contribution < 1.29 is 4.79 Å². The Morgan fingerprint density at radius 3 is 2.56 bits per heavy atom. The summed E-state index contributed by atoms with van der Waals surface area (Å²) in [6, 6.07) is 8.30. The predicted molar refractivity (Wildman–Crippen MR) is 124 cm³/mol. The van der Waals surface area contributed by atoms with E-state index in [0.29, 0.717) is 13.1 Å². The van der Waals surface area contributed by atoms with E-state index in [4.69, 9.17) is 4.99 Å². The standard InChI is InChI=1S/C20H31N5O.HI/c1-5-21-20(24(4)15-19(26)25(6-2)7-3)22-13-12-16-14-23-18-11-9-8-10-17(16)18;/h8-11,14,23H,5-7,12-13,15H2,1-4H3,(H,21,22);1H. The first kappa shape index (κ1) is 23.3. The molecule has 0 aliphatic rings. The molecule has 2 N–H and O–H groups in total. The summed E-state index contributed by atoms with van der Waals surface area (Å²) in [7, 11) is 1.91. The fraction of sp³-hybridized carbons (Fsp3) is 0.500. The molecule has 0 saturated carbocycles. The van der Waals surface area contributed by atoms with Crippen molar-refractivity contribution in [1.29, 1.82) is 0 Å². The highest BCUT2D eigenvalue weighted by molar-refractivity contribution is 14.0. The molecular weight excluding hydrogens is 453 g/mol. The van der Waals surface area contributed by atoms with Crippen LogP contribution in [0, 0.1) is 0 Å². The lowest BCUT2D eigenvalue weighted by molar-refractivity contribution is -0.131. The van der Waals surface area contributed by atoms with Crippen molar-refractivity contribution in [3.05, 3.63) is 36.0 Å². The maximum absolute atomic E-state index is 12.3. The van der Waals surface area contributed by atoms with Gasteiger partial charge in [0.15, 0.2) is 5.96 Å². The Bertz CT molecular complexity index is 739. The number of H-pyrrole nitrogens is 1. The number of aliphatic imine (C=N–C) groups is 1. The molecule has 0 fully saturated rings. The number of rotatable bonds is 8. The van der Waals surface area contributed by atoms with E-state index in [1.54, 1.807) is 0 Å². The van der Waals surface area contributed by atoms with Gasteiger partial charge in [-0.2, -0.15) is 0 Å². The average Bonchev–Trinajstić information content (AvgIpc) is 3.05. The quantitative estimate of drug-likeness (QED) is 0.343. The third-order valence-corrected chi connectivity index (χ3v) is 4.50. The van der Waals surface area contributed by atoms with Gasteiger partial charge in [0.1, 0.15) is 0 Å². The van der Waals surface area contributed by atoms with E-state index in [9.17, 15) is 4.79 Å². The molecule has 0 aliphatic carbocycles. The van der Waals surface area contributed by atoms with Crippen LogP contribution in [0.1, 0.15) is 26.3 Å². The topological polar surface area (TPSA) is 63.7 Å². The van der Waals surface area contributed by atoms with Gasteiger partial charge in [-0.1, -0.05) is 18.2 Å². The zero-order valence-electron chi connectivity index (χ0n) is 16.8. The van der Waals surface area contributed by atoms with Gasteiger partial charge in [-0.25, -0.2) is 0 Å². The molecule has 0 aliphatic heterocycles. The zero-order valence-corrected chi connectivity index (χ0v) is 19.1. The van der Waals surface area contributed by atoms with Gasteiger partial charge < -0.3 is 20.1 Å². The van der Waals surface area contributed by atoms with Crippen LogP contribution in [-0.4, -0.2) is 66.4 Å². The SMILES string of the molecule is CCNC(=NCCc1c[nH]c2ccccc12)N(C)CC(=O)N(CC)CC.I. The van der Waals surface area contributed by atoms with Crippen LogP contribution < -0.4 is 5.32 Å². The summed E-state index contributed by atoms with van der Waals surface area (Å²) in [6.07, 6.45) is 2.91. The van der Waals surface area contributed by atoms with Crippen LogP contribution in [0.15, 0.2) is 35.5 Å². The lowest BCUT2D eigenvalue weighted by Gasteiger charge is -2.25. The molecule has 2 aromatic rings. The van der Waals surface area contributed by atoms with Gasteiger partial charge in [-0.05, 0) is 38.8 Å². The highest BCUT2D eigenvalue weighted by Gasteiger charge is 2.15. The smallest absolute Gasteiger partial charge is 0.242 e. The normalized spacial score (nSPS) is 11.2. The summed E-state index contributed by atoms with van der Waals surface area (Å²) in [5, 5.41) is 4.53. The van der Waals surface area contributed by atoms with Crippen molar-refractivity contribution in [3.63, 3.8) is 0 Å². The molecule has 1 aromatic carbocycles. The summed E-state index contributed by atoms with van der Waals surface area (Å²) in [4.78, 5) is 24.1. The van der Waals surface area contributed by atoms with Crippen LogP contribution in [0.2, 0.25) is 0 Å². The third-order valence-electron chi connectivity index (χ3n) is 4.50. The average molecular weight is 485 g/mol. The molecule has 6 nitrogen and oxygen atoms in total. The number of halogens is 1. The van der Waals surface area contributed by atoms with Gasteiger partial charge in [0, 0.05) is 50.3 Å². The summed E-state index contributed by atoms with van der Waals surface area (Å²) in [5.41, 5.74) is 2.42. The molecule has 1 aromatic heterocycles. The Morgan fingerprint density at radius 1 is 1.19 bits per heavy atom. The van der Waals surface area contributed by atoms with Gasteiger partial charge >= 0.3 is 0 Å². The van der Waals surface area contributed by atoms with E-state index in [-0.39, 0.29) is 29.9 Å². The fourth-order valence-corrected chi connectivity index (χ4v) is 3.04. The summed E-state index contributed by atoms with van der Waals surface area (Å²) >= 11 is 0. The highest BCUT2D eigenvalue weighted by Crippen LogP contribution is 2.17. The Hall–Kier alpha value is -1.77. The first-order valence-corrected chi connectivity index (χ1v) is 9.42. The predicted octanol–water partition coefficient (Wildman–Crippen LogP) is 3.09. The van der Waals surface area contributed by atoms with Crippen molar-refractivity contribution in [2.75, 3.05) is 39.8 Å². The van der Waals surface area contributed by atoms with Gasteiger partial charge in [-0.15, -0.1) is 24.0 Å². The molecule has 1 amide bonds. The van der Waals surface area contributed by atoms with Gasteiger partial charge in [0.25, 0.3) is 0 Å². The van der Waals surface area contributed by atoms with Crippen molar-refractivity contribution in [2.24, 2.45) is 4.99 Å².